The van der Waals surface area contributed by atoms with Crippen molar-refractivity contribution < 1.29 is 19.0 Å². The smallest absolute Gasteiger partial charge is 0.338 e. The van der Waals surface area contributed by atoms with Gasteiger partial charge in [0.1, 0.15) is 18.5 Å². The fraction of sp³-hybridized carbons (Fsp3) is 0.364. The predicted molar refractivity (Wildman–Crippen MR) is 53.0 cm³/mol. The molecule has 0 saturated carbocycles. The predicted octanol–water partition coefficient (Wildman–Crippen LogP) is 1.25. The Morgan fingerprint density at radius 1 is 1.47 bits per heavy atom. The van der Waals surface area contributed by atoms with E-state index in [0.29, 0.717) is 18.8 Å². The number of rotatable bonds is 4. The summed E-state index contributed by atoms with van der Waals surface area (Å²) in [6.07, 6.45) is 0.104. The number of esters is 1. The first kappa shape index (κ1) is 9.98. The summed E-state index contributed by atoms with van der Waals surface area (Å²) in [5, 5.41) is 0. The number of methoxy groups -OCH3 is 1. The fourth-order valence-corrected chi connectivity index (χ4v) is 1.14. The summed E-state index contributed by atoms with van der Waals surface area (Å²) in [5.74, 6) is 0.394. The SMILES string of the molecule is COc1ccc(C(=O)OCC2CO2)cc1. The van der Waals surface area contributed by atoms with Crippen LogP contribution in [0.1, 0.15) is 10.4 Å². The molecule has 1 heterocycles. The number of ether oxygens (including phenoxy) is 3. The van der Waals surface area contributed by atoms with Gasteiger partial charge in [-0.1, -0.05) is 0 Å². The van der Waals surface area contributed by atoms with Crippen LogP contribution in [0.2, 0.25) is 0 Å². The second-order valence-corrected chi connectivity index (χ2v) is 3.28. The van der Waals surface area contributed by atoms with Crippen molar-refractivity contribution in [1.82, 2.24) is 0 Å². The summed E-state index contributed by atoms with van der Waals surface area (Å²) in [6.45, 7) is 1.03. The third-order valence-electron chi connectivity index (χ3n) is 2.13. The Balaban J connectivity index is 1.91. The Morgan fingerprint density at radius 3 is 2.67 bits per heavy atom. The molecule has 0 spiro atoms. The molecule has 0 N–H and O–H groups in total. The van der Waals surface area contributed by atoms with Crippen LogP contribution in [0.25, 0.3) is 0 Å². The molecule has 1 unspecified atom stereocenters. The summed E-state index contributed by atoms with van der Waals surface area (Å²) >= 11 is 0. The van der Waals surface area contributed by atoms with Gasteiger partial charge in [0, 0.05) is 0 Å². The molecule has 1 aromatic rings. The van der Waals surface area contributed by atoms with E-state index < -0.39 is 0 Å². The van der Waals surface area contributed by atoms with E-state index in [2.05, 4.69) is 0 Å². The van der Waals surface area contributed by atoms with Crippen LogP contribution in [-0.4, -0.2) is 32.4 Å². The maximum atomic E-state index is 11.5. The van der Waals surface area contributed by atoms with Crippen LogP contribution in [0, 0.1) is 0 Å². The highest BCUT2D eigenvalue weighted by atomic mass is 16.6. The molecule has 1 aliphatic rings. The minimum absolute atomic E-state index is 0.104. The van der Waals surface area contributed by atoms with Gasteiger partial charge in [0.25, 0.3) is 0 Å². The molecule has 0 radical (unpaired) electrons. The lowest BCUT2D eigenvalue weighted by molar-refractivity contribution is 0.0476. The maximum absolute atomic E-state index is 11.5. The monoisotopic (exact) mass is 208 g/mol. The molecule has 80 valence electrons. The molecule has 2 rings (SSSR count). The molecule has 1 atom stereocenters. The second kappa shape index (κ2) is 4.31. The average molecular weight is 208 g/mol. The van der Waals surface area contributed by atoms with Crippen LogP contribution in [0.3, 0.4) is 0 Å². The molecule has 15 heavy (non-hydrogen) atoms. The largest absolute Gasteiger partial charge is 0.497 e. The summed E-state index contributed by atoms with van der Waals surface area (Å²) in [5.41, 5.74) is 0.524. The van der Waals surface area contributed by atoms with Crippen LogP contribution in [0.15, 0.2) is 24.3 Å². The number of hydrogen-bond donors (Lipinski definition) is 0. The van der Waals surface area contributed by atoms with Crippen molar-refractivity contribution in [2.45, 2.75) is 6.10 Å². The zero-order valence-electron chi connectivity index (χ0n) is 8.43. The van der Waals surface area contributed by atoms with Gasteiger partial charge in [0.15, 0.2) is 0 Å². The molecular weight excluding hydrogens is 196 g/mol. The van der Waals surface area contributed by atoms with Crippen molar-refractivity contribution in [2.75, 3.05) is 20.3 Å². The first-order chi connectivity index (χ1) is 7.29. The lowest BCUT2D eigenvalue weighted by Crippen LogP contribution is -2.09. The molecule has 4 nitrogen and oxygen atoms in total. The summed E-state index contributed by atoms with van der Waals surface area (Å²) in [4.78, 5) is 11.5. The summed E-state index contributed by atoms with van der Waals surface area (Å²) in [7, 11) is 1.58. The first-order valence-electron chi connectivity index (χ1n) is 4.72. The Hall–Kier alpha value is -1.55. The second-order valence-electron chi connectivity index (χ2n) is 3.28. The number of carbonyl (C=O) groups excluding carboxylic acids is 1. The van der Waals surface area contributed by atoms with Gasteiger partial charge in [-0.2, -0.15) is 0 Å². The molecule has 1 fully saturated rings. The molecule has 0 bridgehead atoms. The molecule has 0 aromatic heterocycles. The number of hydrogen-bond acceptors (Lipinski definition) is 4. The summed E-state index contributed by atoms with van der Waals surface area (Å²) < 4.78 is 14.9. The van der Waals surface area contributed by atoms with Gasteiger partial charge in [-0.05, 0) is 24.3 Å². The molecule has 0 amide bonds. The van der Waals surface area contributed by atoms with Crippen molar-refractivity contribution in [3.63, 3.8) is 0 Å². The van der Waals surface area contributed by atoms with Gasteiger partial charge >= 0.3 is 5.97 Å². The topological polar surface area (TPSA) is 48.1 Å². The minimum atomic E-state index is -0.326. The van der Waals surface area contributed by atoms with E-state index in [4.69, 9.17) is 14.2 Å². The molecule has 1 saturated heterocycles. The zero-order valence-corrected chi connectivity index (χ0v) is 8.43. The van der Waals surface area contributed by atoms with Crippen LogP contribution >= 0.6 is 0 Å². The van der Waals surface area contributed by atoms with Crippen LogP contribution in [0.5, 0.6) is 5.75 Å². The van der Waals surface area contributed by atoms with E-state index in [-0.39, 0.29) is 12.1 Å². The molecule has 1 aromatic carbocycles. The zero-order chi connectivity index (χ0) is 10.7. The van der Waals surface area contributed by atoms with E-state index in [1.54, 1.807) is 31.4 Å². The van der Waals surface area contributed by atoms with E-state index >= 15 is 0 Å². The van der Waals surface area contributed by atoms with Crippen LogP contribution < -0.4 is 4.74 Å². The normalized spacial score (nSPS) is 18.3. The quantitative estimate of drug-likeness (QED) is 0.552. The van der Waals surface area contributed by atoms with E-state index in [9.17, 15) is 4.79 Å². The average Bonchev–Trinajstić information content (AvgIpc) is 3.10. The Kier molecular flexibility index (Phi) is 2.87. The van der Waals surface area contributed by atoms with Gasteiger partial charge in [0.2, 0.25) is 0 Å². The van der Waals surface area contributed by atoms with Gasteiger partial charge in [-0.3, -0.25) is 0 Å². The van der Waals surface area contributed by atoms with E-state index in [1.165, 1.54) is 0 Å². The minimum Gasteiger partial charge on any atom is -0.497 e. The lowest BCUT2D eigenvalue weighted by atomic mass is 10.2. The highest BCUT2D eigenvalue weighted by molar-refractivity contribution is 5.89. The van der Waals surface area contributed by atoms with Gasteiger partial charge in [-0.15, -0.1) is 0 Å². The molecular formula is C11H12O4. The van der Waals surface area contributed by atoms with E-state index in [0.717, 1.165) is 5.75 Å². The number of benzene rings is 1. The Morgan fingerprint density at radius 2 is 2.13 bits per heavy atom. The van der Waals surface area contributed by atoms with Crippen molar-refractivity contribution in [3.8, 4) is 5.75 Å². The third-order valence-corrected chi connectivity index (χ3v) is 2.13. The van der Waals surface area contributed by atoms with Gasteiger partial charge in [-0.25, -0.2) is 4.79 Å². The van der Waals surface area contributed by atoms with Crippen LogP contribution in [0.4, 0.5) is 0 Å². The fourth-order valence-electron chi connectivity index (χ4n) is 1.14. The van der Waals surface area contributed by atoms with Gasteiger partial charge < -0.3 is 14.2 Å². The van der Waals surface area contributed by atoms with Gasteiger partial charge in [0.05, 0.1) is 19.3 Å². The Bertz CT molecular complexity index is 340. The number of carbonyl (C=O) groups is 1. The molecule has 1 aliphatic heterocycles. The lowest BCUT2D eigenvalue weighted by Gasteiger charge is -2.03. The number of epoxide rings is 1. The van der Waals surface area contributed by atoms with E-state index in [1.807, 2.05) is 0 Å². The maximum Gasteiger partial charge on any atom is 0.338 e. The Labute approximate surface area is 87.8 Å². The van der Waals surface area contributed by atoms with Crippen LogP contribution in [-0.2, 0) is 9.47 Å². The van der Waals surface area contributed by atoms with Crippen molar-refractivity contribution in [1.29, 1.82) is 0 Å². The highest BCUT2D eigenvalue weighted by Crippen LogP contribution is 2.13. The molecule has 0 aliphatic carbocycles. The van der Waals surface area contributed by atoms with Crippen molar-refractivity contribution in [2.24, 2.45) is 0 Å². The molecule has 4 heteroatoms. The first-order valence-corrected chi connectivity index (χ1v) is 4.72. The third kappa shape index (κ3) is 2.70. The van der Waals surface area contributed by atoms with Crippen molar-refractivity contribution >= 4 is 5.97 Å². The standard InChI is InChI=1S/C11H12O4/c1-13-9-4-2-8(3-5-9)11(12)15-7-10-6-14-10/h2-5,10H,6-7H2,1H3. The highest BCUT2D eigenvalue weighted by Gasteiger charge is 2.24. The van der Waals surface area contributed by atoms with Crippen molar-refractivity contribution in [3.05, 3.63) is 29.8 Å². The summed E-state index contributed by atoms with van der Waals surface area (Å²) in [6, 6.07) is 6.80.